The molecule has 0 aliphatic carbocycles. The Morgan fingerprint density at radius 2 is 1.64 bits per heavy atom. The van der Waals surface area contributed by atoms with Crippen molar-refractivity contribution < 1.29 is 0 Å². The average Bonchev–Trinajstić information content (AvgIpc) is 2.78. The van der Waals surface area contributed by atoms with Crippen LogP contribution in [-0.4, -0.2) is 19.9 Å². The minimum absolute atomic E-state index is 0.556. The van der Waals surface area contributed by atoms with Crippen molar-refractivity contribution in [2.24, 2.45) is 0 Å². The summed E-state index contributed by atoms with van der Waals surface area (Å²) < 4.78 is 0. The topological polar surface area (TPSA) is 75.6 Å². The molecule has 6 nitrogen and oxygen atoms in total. The molecule has 2 N–H and O–H groups in total. The normalized spacial score (nSPS) is 10.4. The van der Waals surface area contributed by atoms with E-state index in [0.717, 1.165) is 28.3 Å². The van der Waals surface area contributed by atoms with Gasteiger partial charge in [0.1, 0.15) is 5.82 Å². The maximum absolute atomic E-state index is 4.67. The smallest absolute Gasteiger partial charge is 0.225 e. The SMILES string of the molecule is c1ccc(-c2cc(NCc3cccnc3)nc(NCc3ccccn3)n2)cc1. The van der Waals surface area contributed by atoms with Gasteiger partial charge in [-0.2, -0.15) is 4.98 Å². The van der Waals surface area contributed by atoms with Gasteiger partial charge in [-0.1, -0.05) is 42.5 Å². The van der Waals surface area contributed by atoms with E-state index >= 15 is 0 Å². The highest BCUT2D eigenvalue weighted by Crippen LogP contribution is 2.22. The standard InChI is InChI=1S/C22H20N6/c1-2-8-18(9-3-1)20-13-21(25-15-17-7-6-11-23-14-17)28-22(27-20)26-16-19-10-4-5-12-24-19/h1-14H,15-16H2,(H2,25,26,27,28). The summed E-state index contributed by atoms with van der Waals surface area (Å²) in [6, 6.07) is 21.8. The first-order valence-electron chi connectivity index (χ1n) is 9.08. The summed E-state index contributed by atoms with van der Waals surface area (Å²) >= 11 is 0. The van der Waals surface area contributed by atoms with Crippen LogP contribution in [0, 0.1) is 0 Å². The Morgan fingerprint density at radius 3 is 2.43 bits per heavy atom. The molecule has 0 aliphatic heterocycles. The first-order chi connectivity index (χ1) is 13.9. The highest BCUT2D eigenvalue weighted by molar-refractivity contribution is 5.64. The van der Waals surface area contributed by atoms with Gasteiger partial charge in [-0.25, -0.2) is 4.98 Å². The second kappa shape index (κ2) is 8.73. The van der Waals surface area contributed by atoms with Crippen LogP contribution < -0.4 is 10.6 Å². The van der Waals surface area contributed by atoms with Crippen molar-refractivity contribution in [2.75, 3.05) is 10.6 Å². The van der Waals surface area contributed by atoms with Crippen molar-refractivity contribution >= 4 is 11.8 Å². The maximum Gasteiger partial charge on any atom is 0.225 e. The Balaban J connectivity index is 1.57. The molecule has 4 rings (SSSR count). The van der Waals surface area contributed by atoms with Crippen LogP contribution in [0.3, 0.4) is 0 Å². The van der Waals surface area contributed by atoms with Gasteiger partial charge in [0.15, 0.2) is 0 Å². The largest absolute Gasteiger partial charge is 0.366 e. The van der Waals surface area contributed by atoms with Crippen LogP contribution in [-0.2, 0) is 13.1 Å². The molecular weight excluding hydrogens is 348 g/mol. The van der Waals surface area contributed by atoms with Crippen LogP contribution in [0.25, 0.3) is 11.3 Å². The molecule has 0 unspecified atom stereocenters. The third-order valence-corrected chi connectivity index (χ3v) is 4.15. The molecule has 4 aromatic rings. The summed E-state index contributed by atoms with van der Waals surface area (Å²) in [7, 11) is 0. The predicted octanol–water partition coefficient (Wildman–Crippen LogP) is 4.16. The number of nitrogens with one attached hydrogen (secondary N) is 2. The summed E-state index contributed by atoms with van der Waals surface area (Å²) in [5.74, 6) is 1.31. The van der Waals surface area contributed by atoms with Crippen molar-refractivity contribution in [3.63, 3.8) is 0 Å². The monoisotopic (exact) mass is 368 g/mol. The lowest BCUT2D eigenvalue weighted by Crippen LogP contribution is -2.08. The van der Waals surface area contributed by atoms with E-state index in [9.17, 15) is 0 Å². The molecule has 0 fully saturated rings. The highest BCUT2D eigenvalue weighted by Gasteiger charge is 2.07. The van der Waals surface area contributed by atoms with Gasteiger partial charge in [0, 0.05) is 36.8 Å². The third-order valence-electron chi connectivity index (χ3n) is 4.15. The molecule has 0 spiro atoms. The van der Waals surface area contributed by atoms with Gasteiger partial charge in [-0.3, -0.25) is 9.97 Å². The maximum atomic E-state index is 4.67. The molecule has 3 aromatic heterocycles. The molecule has 138 valence electrons. The molecule has 0 atom stereocenters. The molecule has 0 amide bonds. The summed E-state index contributed by atoms with van der Waals surface area (Å²) in [5.41, 5.74) is 3.91. The second-order valence-corrected chi connectivity index (χ2v) is 6.22. The fraction of sp³-hybridized carbons (Fsp3) is 0.0909. The summed E-state index contributed by atoms with van der Waals surface area (Å²) in [6.45, 7) is 1.19. The molecule has 6 heteroatoms. The van der Waals surface area contributed by atoms with Gasteiger partial charge >= 0.3 is 0 Å². The van der Waals surface area contributed by atoms with Gasteiger partial charge in [0.05, 0.1) is 17.9 Å². The van der Waals surface area contributed by atoms with E-state index in [1.54, 1.807) is 12.4 Å². The summed E-state index contributed by atoms with van der Waals surface area (Å²) in [6.07, 6.45) is 5.38. The van der Waals surface area contributed by atoms with Gasteiger partial charge < -0.3 is 10.6 Å². The van der Waals surface area contributed by atoms with E-state index in [1.807, 2.05) is 72.9 Å². The number of aromatic nitrogens is 4. The van der Waals surface area contributed by atoms with Crippen LogP contribution in [0.1, 0.15) is 11.3 Å². The highest BCUT2D eigenvalue weighted by atomic mass is 15.1. The quantitative estimate of drug-likeness (QED) is 0.510. The zero-order chi connectivity index (χ0) is 19.0. The van der Waals surface area contributed by atoms with Gasteiger partial charge in [-0.05, 0) is 23.8 Å². The molecule has 0 radical (unpaired) electrons. The Morgan fingerprint density at radius 1 is 0.750 bits per heavy atom. The van der Waals surface area contributed by atoms with E-state index < -0.39 is 0 Å². The lowest BCUT2D eigenvalue weighted by atomic mass is 10.1. The Hall–Kier alpha value is -3.80. The Bertz CT molecular complexity index is 945. The summed E-state index contributed by atoms with van der Waals surface area (Å²) in [5, 5.41) is 6.64. The summed E-state index contributed by atoms with van der Waals surface area (Å²) in [4.78, 5) is 17.8. The first-order valence-corrected chi connectivity index (χ1v) is 9.08. The molecule has 28 heavy (non-hydrogen) atoms. The molecule has 0 saturated carbocycles. The number of hydrogen-bond donors (Lipinski definition) is 2. The minimum atomic E-state index is 0.556. The van der Waals surface area contributed by atoms with E-state index in [0.29, 0.717) is 19.0 Å². The number of pyridine rings is 2. The van der Waals surface area contributed by atoms with Crippen molar-refractivity contribution in [3.8, 4) is 11.3 Å². The molecule has 0 saturated heterocycles. The van der Waals surface area contributed by atoms with Gasteiger partial charge in [0.2, 0.25) is 5.95 Å². The lowest BCUT2D eigenvalue weighted by molar-refractivity contribution is 0.996. The Labute approximate surface area is 163 Å². The fourth-order valence-corrected chi connectivity index (χ4v) is 2.74. The van der Waals surface area contributed by atoms with E-state index in [2.05, 4.69) is 30.6 Å². The van der Waals surface area contributed by atoms with Crippen molar-refractivity contribution in [1.82, 2.24) is 19.9 Å². The van der Waals surface area contributed by atoms with E-state index in [1.165, 1.54) is 0 Å². The van der Waals surface area contributed by atoms with E-state index in [-0.39, 0.29) is 0 Å². The van der Waals surface area contributed by atoms with E-state index in [4.69, 9.17) is 0 Å². The van der Waals surface area contributed by atoms with Crippen LogP contribution in [0.4, 0.5) is 11.8 Å². The Kier molecular flexibility index (Phi) is 5.49. The number of anilines is 2. The molecule has 0 bridgehead atoms. The third kappa shape index (κ3) is 4.67. The number of benzene rings is 1. The lowest BCUT2D eigenvalue weighted by Gasteiger charge is -2.11. The average molecular weight is 368 g/mol. The predicted molar refractivity (Wildman–Crippen MR) is 111 cm³/mol. The van der Waals surface area contributed by atoms with Gasteiger partial charge in [-0.15, -0.1) is 0 Å². The molecule has 0 aliphatic rings. The van der Waals surface area contributed by atoms with Crippen molar-refractivity contribution in [1.29, 1.82) is 0 Å². The molecule has 1 aromatic carbocycles. The number of rotatable bonds is 7. The second-order valence-electron chi connectivity index (χ2n) is 6.22. The van der Waals surface area contributed by atoms with Crippen LogP contribution >= 0.6 is 0 Å². The molecule has 3 heterocycles. The zero-order valence-corrected chi connectivity index (χ0v) is 15.3. The zero-order valence-electron chi connectivity index (χ0n) is 15.3. The van der Waals surface area contributed by atoms with Crippen LogP contribution in [0.15, 0.2) is 85.3 Å². The van der Waals surface area contributed by atoms with Crippen LogP contribution in [0.5, 0.6) is 0 Å². The van der Waals surface area contributed by atoms with Crippen molar-refractivity contribution in [3.05, 3.63) is 96.6 Å². The fourth-order valence-electron chi connectivity index (χ4n) is 2.74. The number of nitrogens with zero attached hydrogens (tertiary/aromatic N) is 4. The van der Waals surface area contributed by atoms with Crippen LogP contribution in [0.2, 0.25) is 0 Å². The molecular formula is C22H20N6. The number of hydrogen-bond acceptors (Lipinski definition) is 6. The van der Waals surface area contributed by atoms with Crippen molar-refractivity contribution in [2.45, 2.75) is 13.1 Å². The first kappa shape index (κ1) is 17.6. The minimum Gasteiger partial charge on any atom is -0.366 e. The van der Waals surface area contributed by atoms with Gasteiger partial charge in [0.25, 0.3) is 0 Å².